The van der Waals surface area contributed by atoms with Gasteiger partial charge in [0, 0.05) is 32.2 Å². The molecule has 0 saturated heterocycles. The fraction of sp³-hybridized carbons (Fsp3) is 0.429. The number of nitrogens with two attached hydrogens (primary N) is 1. The zero-order chi connectivity index (χ0) is 14.4. The van der Waals surface area contributed by atoms with Crippen LogP contribution in [-0.2, 0) is 16.0 Å². The van der Waals surface area contributed by atoms with E-state index in [-0.39, 0.29) is 30.1 Å². The third-order valence-corrected chi connectivity index (χ3v) is 2.88. The summed E-state index contributed by atoms with van der Waals surface area (Å²) >= 11 is 0. The van der Waals surface area contributed by atoms with Gasteiger partial charge in [-0.1, -0.05) is 19.1 Å². The molecule has 0 aliphatic heterocycles. The number of anilines is 1. The highest BCUT2D eigenvalue weighted by Crippen LogP contribution is 2.11. The number of hydrogen-bond donors (Lipinski definition) is 2. The number of rotatable bonds is 5. The molecular formula is C14H22ClN3O2. The Kier molecular flexibility index (Phi) is 7.87. The minimum absolute atomic E-state index is 0. The summed E-state index contributed by atoms with van der Waals surface area (Å²) in [5.74, 6) is -0.261. The van der Waals surface area contributed by atoms with Gasteiger partial charge < -0.3 is 16.0 Å². The lowest BCUT2D eigenvalue weighted by molar-refractivity contribution is -0.128. The Balaban J connectivity index is 0.00000361. The number of halogens is 1. The minimum Gasteiger partial charge on any atom is -0.349 e. The van der Waals surface area contributed by atoms with E-state index in [9.17, 15) is 9.59 Å². The van der Waals surface area contributed by atoms with Gasteiger partial charge in [-0.3, -0.25) is 9.59 Å². The number of carbonyl (C=O) groups is 2. The second-order valence-corrected chi connectivity index (χ2v) is 4.79. The Morgan fingerprint density at radius 2 is 1.80 bits per heavy atom. The maximum absolute atomic E-state index is 11.6. The maximum atomic E-state index is 11.6. The Labute approximate surface area is 125 Å². The van der Waals surface area contributed by atoms with Crippen LogP contribution in [0.1, 0.15) is 12.5 Å². The van der Waals surface area contributed by atoms with E-state index < -0.39 is 0 Å². The lowest BCUT2D eigenvalue weighted by atomic mass is 10.1. The summed E-state index contributed by atoms with van der Waals surface area (Å²) in [7, 11) is 3.45. The van der Waals surface area contributed by atoms with Crippen LogP contribution in [-0.4, -0.2) is 37.4 Å². The smallest absolute Gasteiger partial charge is 0.228 e. The van der Waals surface area contributed by atoms with Crippen LogP contribution in [0.3, 0.4) is 0 Å². The van der Waals surface area contributed by atoms with Crippen LogP contribution in [0.5, 0.6) is 0 Å². The molecule has 0 aliphatic rings. The topological polar surface area (TPSA) is 75.4 Å². The predicted octanol–water partition coefficient (Wildman–Crippen LogP) is 1.27. The fourth-order valence-corrected chi connectivity index (χ4v) is 1.41. The van der Waals surface area contributed by atoms with Crippen LogP contribution in [0.15, 0.2) is 24.3 Å². The monoisotopic (exact) mass is 299 g/mol. The first-order valence-corrected chi connectivity index (χ1v) is 6.24. The summed E-state index contributed by atoms with van der Waals surface area (Å²) in [6.45, 7) is 2.10. The van der Waals surface area contributed by atoms with Gasteiger partial charge in [-0.05, 0) is 17.7 Å². The highest BCUT2D eigenvalue weighted by molar-refractivity contribution is 5.92. The van der Waals surface area contributed by atoms with Crippen molar-refractivity contribution in [2.45, 2.75) is 13.3 Å². The van der Waals surface area contributed by atoms with Crippen molar-refractivity contribution in [1.82, 2.24) is 4.90 Å². The van der Waals surface area contributed by atoms with E-state index in [1.165, 1.54) is 0 Å². The average molecular weight is 300 g/mol. The second-order valence-electron chi connectivity index (χ2n) is 4.79. The molecule has 2 amide bonds. The molecule has 0 radical (unpaired) electrons. The highest BCUT2D eigenvalue weighted by atomic mass is 35.5. The van der Waals surface area contributed by atoms with Gasteiger partial charge in [-0.2, -0.15) is 0 Å². The summed E-state index contributed by atoms with van der Waals surface area (Å²) in [4.78, 5) is 24.7. The third kappa shape index (κ3) is 5.59. The van der Waals surface area contributed by atoms with Crippen molar-refractivity contribution >= 4 is 29.9 Å². The number of hydrogen-bond acceptors (Lipinski definition) is 3. The summed E-state index contributed by atoms with van der Waals surface area (Å²) in [5.41, 5.74) is 7.07. The largest absolute Gasteiger partial charge is 0.349 e. The zero-order valence-corrected chi connectivity index (χ0v) is 12.9. The van der Waals surface area contributed by atoms with Crippen LogP contribution in [0.4, 0.5) is 5.69 Å². The zero-order valence-electron chi connectivity index (χ0n) is 12.1. The van der Waals surface area contributed by atoms with Gasteiger partial charge in [-0.25, -0.2) is 0 Å². The number of amides is 2. The summed E-state index contributed by atoms with van der Waals surface area (Å²) in [5, 5.41) is 2.78. The Morgan fingerprint density at radius 3 is 2.25 bits per heavy atom. The lowest BCUT2D eigenvalue weighted by Gasteiger charge is -2.12. The molecule has 0 aliphatic carbocycles. The van der Waals surface area contributed by atoms with Crippen molar-refractivity contribution in [3.8, 4) is 0 Å². The number of nitrogens with one attached hydrogen (secondary N) is 1. The fourth-order valence-electron chi connectivity index (χ4n) is 1.41. The first-order valence-electron chi connectivity index (χ1n) is 6.24. The van der Waals surface area contributed by atoms with E-state index in [4.69, 9.17) is 5.73 Å². The van der Waals surface area contributed by atoms with Gasteiger partial charge in [0.15, 0.2) is 0 Å². The summed E-state index contributed by atoms with van der Waals surface area (Å²) in [6, 6.07) is 7.26. The van der Waals surface area contributed by atoms with Crippen molar-refractivity contribution in [3.63, 3.8) is 0 Å². The molecule has 20 heavy (non-hydrogen) atoms. The first kappa shape index (κ1) is 18.4. The second kappa shape index (κ2) is 8.55. The van der Waals surface area contributed by atoms with Gasteiger partial charge in [0.1, 0.15) is 0 Å². The van der Waals surface area contributed by atoms with Crippen LogP contribution >= 0.6 is 12.4 Å². The van der Waals surface area contributed by atoms with E-state index in [2.05, 4.69) is 5.32 Å². The molecule has 1 unspecified atom stereocenters. The molecule has 1 atom stereocenters. The van der Waals surface area contributed by atoms with Crippen LogP contribution in [0.25, 0.3) is 0 Å². The van der Waals surface area contributed by atoms with Crippen LogP contribution in [0, 0.1) is 5.92 Å². The number of benzene rings is 1. The van der Waals surface area contributed by atoms with Crippen molar-refractivity contribution < 1.29 is 9.59 Å². The normalized spacial score (nSPS) is 11.2. The summed E-state index contributed by atoms with van der Waals surface area (Å²) < 4.78 is 0. The third-order valence-electron chi connectivity index (χ3n) is 2.88. The van der Waals surface area contributed by atoms with Crippen LogP contribution < -0.4 is 11.1 Å². The highest BCUT2D eigenvalue weighted by Gasteiger charge is 2.11. The molecule has 0 aromatic heterocycles. The van der Waals surface area contributed by atoms with Crippen LogP contribution in [0.2, 0.25) is 0 Å². The Hall–Kier alpha value is -1.59. The molecule has 0 fully saturated rings. The maximum Gasteiger partial charge on any atom is 0.228 e. The molecule has 0 heterocycles. The number of nitrogens with zero attached hydrogens (tertiary/aromatic N) is 1. The van der Waals surface area contributed by atoms with E-state index >= 15 is 0 Å². The summed E-state index contributed by atoms with van der Waals surface area (Å²) in [6.07, 6.45) is 0.362. The van der Waals surface area contributed by atoms with E-state index in [1.807, 2.05) is 12.1 Å². The average Bonchev–Trinajstić information content (AvgIpc) is 2.39. The molecule has 1 rings (SSSR count). The Bertz CT molecular complexity index is 446. The molecular weight excluding hydrogens is 278 g/mol. The standard InChI is InChI=1S/C14H21N3O2.ClH/c1-10(9-15)14(19)16-12-6-4-11(5-7-12)8-13(18)17(2)3;/h4-7,10H,8-9,15H2,1-3H3,(H,16,19);1H. The predicted molar refractivity (Wildman–Crippen MR) is 82.9 cm³/mol. The number of likely N-dealkylation sites (N-methyl/N-ethyl adjacent to an activating group) is 1. The molecule has 0 bridgehead atoms. The molecule has 1 aromatic carbocycles. The van der Waals surface area contributed by atoms with Crippen molar-refractivity contribution in [2.75, 3.05) is 26.0 Å². The molecule has 6 heteroatoms. The Morgan fingerprint density at radius 1 is 1.25 bits per heavy atom. The molecule has 1 aromatic rings. The van der Waals surface area contributed by atoms with Crippen molar-refractivity contribution in [2.24, 2.45) is 11.7 Å². The molecule has 3 N–H and O–H groups in total. The van der Waals surface area contributed by atoms with E-state index in [1.54, 1.807) is 38.1 Å². The molecule has 0 spiro atoms. The van der Waals surface area contributed by atoms with E-state index in [0.717, 1.165) is 5.56 Å². The van der Waals surface area contributed by atoms with Gasteiger partial charge in [-0.15, -0.1) is 12.4 Å². The molecule has 112 valence electrons. The van der Waals surface area contributed by atoms with Gasteiger partial charge >= 0.3 is 0 Å². The molecule has 0 saturated carbocycles. The number of carbonyl (C=O) groups excluding carboxylic acids is 2. The molecule has 5 nitrogen and oxygen atoms in total. The van der Waals surface area contributed by atoms with Gasteiger partial charge in [0.25, 0.3) is 0 Å². The SMILES string of the molecule is CC(CN)C(=O)Nc1ccc(CC(=O)N(C)C)cc1.Cl. The first-order chi connectivity index (χ1) is 8.93. The van der Waals surface area contributed by atoms with E-state index in [0.29, 0.717) is 18.7 Å². The minimum atomic E-state index is -0.213. The van der Waals surface area contributed by atoms with Crippen molar-refractivity contribution in [3.05, 3.63) is 29.8 Å². The van der Waals surface area contributed by atoms with Gasteiger partial charge in [0.2, 0.25) is 11.8 Å². The quantitative estimate of drug-likeness (QED) is 0.860. The van der Waals surface area contributed by atoms with Gasteiger partial charge in [0.05, 0.1) is 6.42 Å². The van der Waals surface area contributed by atoms with Crippen molar-refractivity contribution in [1.29, 1.82) is 0 Å². The lowest BCUT2D eigenvalue weighted by Crippen LogP contribution is -2.26.